The molecule has 0 aliphatic heterocycles. The fourth-order valence-electron chi connectivity index (χ4n) is 0.894. The van der Waals surface area contributed by atoms with Crippen molar-refractivity contribution in [3.63, 3.8) is 0 Å². The van der Waals surface area contributed by atoms with Gasteiger partial charge in [0.2, 0.25) is 0 Å². The van der Waals surface area contributed by atoms with Gasteiger partial charge in [0.25, 0.3) is 0 Å². The van der Waals surface area contributed by atoms with Crippen LogP contribution in [0.25, 0.3) is 0 Å². The first-order valence-electron chi connectivity index (χ1n) is 4.71. The normalized spacial score (nSPS) is 13.6. The molecule has 0 aromatic carbocycles. The second kappa shape index (κ2) is 8.94. The third-order valence-corrected chi connectivity index (χ3v) is 2.13. The van der Waals surface area contributed by atoms with Crippen molar-refractivity contribution in [1.29, 1.82) is 0 Å². The maximum atomic E-state index is 5.39. The van der Waals surface area contributed by atoms with Gasteiger partial charge in [0.1, 0.15) is 0 Å². The fraction of sp³-hybridized carbons (Fsp3) is 1.00. The highest BCUT2D eigenvalue weighted by molar-refractivity contribution is 9.09. The van der Waals surface area contributed by atoms with Crippen molar-refractivity contribution in [2.24, 2.45) is 0 Å². The molecule has 0 fully saturated rings. The molecule has 0 N–H and O–H groups in total. The third-order valence-electron chi connectivity index (χ3n) is 1.44. The molecular formula is C9H19BrO3. The molecule has 0 rings (SSSR count). The third kappa shape index (κ3) is 6.43. The van der Waals surface area contributed by atoms with Gasteiger partial charge in [0, 0.05) is 19.8 Å². The second-order valence-electron chi connectivity index (χ2n) is 2.45. The first kappa shape index (κ1) is 13.4. The van der Waals surface area contributed by atoms with Crippen molar-refractivity contribution in [2.75, 3.05) is 26.4 Å². The van der Waals surface area contributed by atoms with Gasteiger partial charge in [0.15, 0.2) is 6.29 Å². The van der Waals surface area contributed by atoms with Gasteiger partial charge >= 0.3 is 0 Å². The van der Waals surface area contributed by atoms with Gasteiger partial charge in [-0.2, -0.15) is 0 Å². The summed E-state index contributed by atoms with van der Waals surface area (Å²) in [5.41, 5.74) is 0. The van der Waals surface area contributed by atoms with Crippen molar-refractivity contribution < 1.29 is 14.2 Å². The maximum Gasteiger partial charge on any atom is 0.172 e. The molecule has 4 heteroatoms. The molecule has 0 aliphatic carbocycles. The van der Waals surface area contributed by atoms with Crippen LogP contribution in [0, 0.1) is 0 Å². The van der Waals surface area contributed by atoms with Crippen LogP contribution < -0.4 is 0 Å². The van der Waals surface area contributed by atoms with Crippen molar-refractivity contribution in [1.82, 2.24) is 0 Å². The van der Waals surface area contributed by atoms with Crippen LogP contribution >= 0.6 is 15.9 Å². The monoisotopic (exact) mass is 254 g/mol. The Morgan fingerprint density at radius 2 is 1.54 bits per heavy atom. The van der Waals surface area contributed by atoms with Crippen LogP contribution in [-0.2, 0) is 14.2 Å². The zero-order valence-electron chi connectivity index (χ0n) is 8.59. The zero-order chi connectivity index (χ0) is 10.1. The summed E-state index contributed by atoms with van der Waals surface area (Å²) in [6, 6.07) is 0. The molecule has 3 nitrogen and oxygen atoms in total. The highest BCUT2D eigenvalue weighted by Gasteiger charge is 2.19. The molecule has 0 radical (unpaired) electrons. The average molecular weight is 255 g/mol. The summed E-state index contributed by atoms with van der Waals surface area (Å²) in [6.45, 7) is 8.50. The van der Waals surface area contributed by atoms with E-state index in [1.807, 2.05) is 20.8 Å². The van der Waals surface area contributed by atoms with Crippen molar-refractivity contribution in [2.45, 2.75) is 31.9 Å². The molecule has 0 spiro atoms. The number of hydrogen-bond acceptors (Lipinski definition) is 3. The first-order chi connectivity index (χ1) is 6.26. The van der Waals surface area contributed by atoms with E-state index >= 15 is 0 Å². The van der Waals surface area contributed by atoms with E-state index in [9.17, 15) is 0 Å². The predicted octanol–water partition coefficient (Wildman–Crippen LogP) is 2.19. The lowest BCUT2D eigenvalue weighted by molar-refractivity contribution is -0.140. The molecule has 0 bridgehead atoms. The molecule has 0 aliphatic rings. The lowest BCUT2D eigenvalue weighted by Gasteiger charge is -2.21. The highest BCUT2D eigenvalue weighted by Crippen LogP contribution is 2.11. The van der Waals surface area contributed by atoms with Crippen LogP contribution in [0.2, 0.25) is 0 Å². The summed E-state index contributed by atoms with van der Waals surface area (Å²) < 4.78 is 16.0. The summed E-state index contributed by atoms with van der Waals surface area (Å²) in [4.78, 5) is 0.104. The van der Waals surface area contributed by atoms with Gasteiger partial charge in [-0.25, -0.2) is 0 Å². The van der Waals surface area contributed by atoms with Crippen LogP contribution in [0.4, 0.5) is 0 Å². The average Bonchev–Trinajstić information content (AvgIpc) is 2.14. The molecule has 1 atom stereocenters. The van der Waals surface area contributed by atoms with Crippen molar-refractivity contribution in [3.05, 3.63) is 0 Å². The maximum absolute atomic E-state index is 5.39. The van der Waals surface area contributed by atoms with Crippen molar-refractivity contribution >= 4 is 15.9 Å². The Balaban J connectivity index is 3.72. The Morgan fingerprint density at radius 1 is 1.00 bits per heavy atom. The molecule has 0 saturated heterocycles. The van der Waals surface area contributed by atoms with E-state index in [2.05, 4.69) is 15.9 Å². The molecular weight excluding hydrogens is 236 g/mol. The van der Waals surface area contributed by atoms with Crippen LogP contribution in [0.15, 0.2) is 0 Å². The van der Waals surface area contributed by atoms with E-state index in [1.54, 1.807) is 0 Å². The summed E-state index contributed by atoms with van der Waals surface area (Å²) >= 11 is 3.47. The van der Waals surface area contributed by atoms with Crippen LogP contribution in [0.5, 0.6) is 0 Å². The van der Waals surface area contributed by atoms with E-state index in [0.717, 1.165) is 0 Å². The molecule has 0 heterocycles. The number of rotatable bonds is 8. The lowest BCUT2D eigenvalue weighted by Crippen LogP contribution is -2.31. The van der Waals surface area contributed by atoms with E-state index in [4.69, 9.17) is 14.2 Å². The van der Waals surface area contributed by atoms with Crippen LogP contribution in [0.3, 0.4) is 0 Å². The van der Waals surface area contributed by atoms with Gasteiger partial charge < -0.3 is 14.2 Å². The largest absolute Gasteiger partial charge is 0.380 e. The molecule has 0 amide bonds. The van der Waals surface area contributed by atoms with Gasteiger partial charge in [-0.05, 0) is 20.8 Å². The summed E-state index contributed by atoms with van der Waals surface area (Å²) in [5.74, 6) is 0. The molecule has 0 aromatic rings. The van der Waals surface area contributed by atoms with E-state index in [1.165, 1.54) is 0 Å². The van der Waals surface area contributed by atoms with E-state index in [0.29, 0.717) is 26.4 Å². The first-order valence-corrected chi connectivity index (χ1v) is 5.62. The summed E-state index contributed by atoms with van der Waals surface area (Å²) in [6.07, 6.45) is -0.207. The highest BCUT2D eigenvalue weighted by atomic mass is 79.9. The standard InChI is InChI=1S/C9H19BrO3/c1-4-11-7-8(10)9(12-5-2)13-6-3/h8-9H,4-7H2,1-3H3. The van der Waals surface area contributed by atoms with Crippen LogP contribution in [0.1, 0.15) is 20.8 Å². The molecule has 0 aromatic heterocycles. The number of halogens is 1. The Morgan fingerprint density at radius 3 is 1.92 bits per heavy atom. The Labute approximate surface area is 88.9 Å². The number of alkyl halides is 1. The Bertz CT molecular complexity index is 105. The van der Waals surface area contributed by atoms with Crippen molar-refractivity contribution in [3.8, 4) is 0 Å². The summed E-state index contributed by atoms with van der Waals surface area (Å²) in [5, 5.41) is 0. The number of ether oxygens (including phenoxy) is 3. The zero-order valence-corrected chi connectivity index (χ0v) is 10.2. The molecule has 1 unspecified atom stereocenters. The SMILES string of the molecule is CCOCC(Br)C(OCC)OCC. The smallest absolute Gasteiger partial charge is 0.172 e. The Hall–Kier alpha value is 0.360. The quantitative estimate of drug-likeness (QED) is 0.491. The lowest BCUT2D eigenvalue weighted by atomic mass is 10.4. The predicted molar refractivity (Wildman–Crippen MR) is 56.2 cm³/mol. The minimum Gasteiger partial charge on any atom is -0.380 e. The van der Waals surface area contributed by atoms with Gasteiger partial charge in [-0.3, -0.25) is 0 Å². The van der Waals surface area contributed by atoms with Crippen LogP contribution in [-0.4, -0.2) is 37.5 Å². The fourth-order valence-corrected chi connectivity index (χ4v) is 1.39. The van der Waals surface area contributed by atoms with Gasteiger partial charge in [0.05, 0.1) is 11.4 Å². The molecule has 80 valence electrons. The summed E-state index contributed by atoms with van der Waals surface area (Å²) in [7, 11) is 0. The van der Waals surface area contributed by atoms with E-state index < -0.39 is 0 Å². The molecule has 0 saturated carbocycles. The van der Waals surface area contributed by atoms with Gasteiger partial charge in [-0.1, -0.05) is 15.9 Å². The topological polar surface area (TPSA) is 27.7 Å². The minimum absolute atomic E-state index is 0.104. The molecule has 13 heavy (non-hydrogen) atoms. The number of hydrogen-bond donors (Lipinski definition) is 0. The second-order valence-corrected chi connectivity index (χ2v) is 3.63. The van der Waals surface area contributed by atoms with Gasteiger partial charge in [-0.15, -0.1) is 0 Å². The minimum atomic E-state index is -0.207. The van der Waals surface area contributed by atoms with E-state index in [-0.39, 0.29) is 11.1 Å². The Kier molecular flexibility index (Phi) is 9.18.